The number of hydrogen-bond donors (Lipinski definition) is 1. The molecule has 0 spiro atoms. The molecule has 1 aromatic carbocycles. The van der Waals surface area contributed by atoms with E-state index in [1.165, 1.54) is 16.4 Å². The van der Waals surface area contributed by atoms with E-state index in [1.807, 2.05) is 6.92 Å². The van der Waals surface area contributed by atoms with Crippen molar-refractivity contribution in [2.24, 2.45) is 0 Å². The van der Waals surface area contributed by atoms with E-state index < -0.39 is 21.5 Å². The number of carboxylic acid groups (broad SMARTS) is 1. The minimum absolute atomic E-state index is 0.156. The van der Waals surface area contributed by atoms with Gasteiger partial charge in [0.1, 0.15) is 5.54 Å². The van der Waals surface area contributed by atoms with Crippen LogP contribution in [0.2, 0.25) is 0 Å². The van der Waals surface area contributed by atoms with Crippen LogP contribution in [0.25, 0.3) is 0 Å². The molecule has 0 saturated carbocycles. The van der Waals surface area contributed by atoms with Crippen LogP contribution in [0.15, 0.2) is 35.2 Å². The zero-order valence-corrected chi connectivity index (χ0v) is 12.3. The van der Waals surface area contributed by atoms with Gasteiger partial charge in [0.2, 0.25) is 10.0 Å². The number of sulfonamides is 1. The van der Waals surface area contributed by atoms with Gasteiger partial charge in [0, 0.05) is 6.54 Å². The van der Waals surface area contributed by atoms with Gasteiger partial charge in [-0.15, -0.1) is 0 Å². The highest BCUT2D eigenvalue weighted by Crippen LogP contribution is 2.38. The van der Waals surface area contributed by atoms with Crippen molar-refractivity contribution in [3.63, 3.8) is 0 Å². The van der Waals surface area contributed by atoms with E-state index in [0.717, 1.165) is 0 Å². The van der Waals surface area contributed by atoms with E-state index in [4.69, 9.17) is 0 Å². The highest BCUT2D eigenvalue weighted by Gasteiger charge is 2.52. The molecule has 1 aliphatic heterocycles. The second-order valence-corrected chi connectivity index (χ2v) is 6.94. The average Bonchev–Trinajstić information content (AvgIpc) is 2.86. The molecule has 1 N–H and O–H groups in total. The third kappa shape index (κ3) is 2.33. The maximum atomic E-state index is 12.7. The van der Waals surface area contributed by atoms with Crippen LogP contribution in [-0.4, -0.2) is 35.9 Å². The van der Waals surface area contributed by atoms with E-state index in [9.17, 15) is 18.3 Å². The van der Waals surface area contributed by atoms with Crippen LogP contribution in [-0.2, 0) is 14.8 Å². The summed E-state index contributed by atoms with van der Waals surface area (Å²) in [6.45, 7) is 2.14. The van der Waals surface area contributed by atoms with Gasteiger partial charge in [-0.3, -0.25) is 4.79 Å². The summed E-state index contributed by atoms with van der Waals surface area (Å²) in [7, 11) is -3.76. The van der Waals surface area contributed by atoms with Gasteiger partial charge < -0.3 is 5.11 Å². The van der Waals surface area contributed by atoms with Gasteiger partial charge >= 0.3 is 5.97 Å². The van der Waals surface area contributed by atoms with E-state index in [0.29, 0.717) is 25.7 Å². The van der Waals surface area contributed by atoms with Crippen molar-refractivity contribution in [2.75, 3.05) is 6.54 Å². The molecule has 1 heterocycles. The molecule has 1 unspecified atom stereocenters. The molecule has 0 aliphatic carbocycles. The summed E-state index contributed by atoms with van der Waals surface area (Å²) < 4.78 is 26.6. The van der Waals surface area contributed by atoms with Crippen LogP contribution < -0.4 is 0 Å². The van der Waals surface area contributed by atoms with Crippen molar-refractivity contribution in [1.29, 1.82) is 0 Å². The van der Waals surface area contributed by atoms with E-state index in [1.54, 1.807) is 18.2 Å². The van der Waals surface area contributed by atoms with Gasteiger partial charge in [0.15, 0.2) is 0 Å². The normalized spacial score (nSPS) is 23.9. The number of aliphatic carboxylic acids is 1. The van der Waals surface area contributed by atoms with Crippen molar-refractivity contribution in [3.05, 3.63) is 30.3 Å². The Labute approximate surface area is 119 Å². The Morgan fingerprint density at radius 2 is 2.00 bits per heavy atom. The largest absolute Gasteiger partial charge is 0.480 e. The van der Waals surface area contributed by atoms with E-state index in [2.05, 4.69) is 0 Å². The molecule has 20 heavy (non-hydrogen) atoms. The number of hydrogen-bond acceptors (Lipinski definition) is 3. The fourth-order valence-electron chi connectivity index (χ4n) is 2.91. The molecule has 0 radical (unpaired) electrons. The number of carboxylic acids is 1. The van der Waals surface area contributed by atoms with Crippen molar-refractivity contribution >= 4 is 16.0 Å². The second kappa shape index (κ2) is 5.54. The Balaban J connectivity index is 2.47. The third-order valence-corrected chi connectivity index (χ3v) is 5.80. The summed E-state index contributed by atoms with van der Waals surface area (Å²) in [5.41, 5.74) is -1.29. The van der Waals surface area contributed by atoms with Gasteiger partial charge in [-0.1, -0.05) is 31.5 Å². The molecule has 0 amide bonds. The molecule has 1 atom stereocenters. The number of carbonyl (C=O) groups is 1. The quantitative estimate of drug-likeness (QED) is 0.903. The first-order valence-corrected chi connectivity index (χ1v) is 8.20. The smallest absolute Gasteiger partial charge is 0.325 e. The van der Waals surface area contributed by atoms with Crippen molar-refractivity contribution in [2.45, 2.75) is 43.0 Å². The molecular weight excluding hydrogens is 278 g/mol. The Kier molecular flexibility index (Phi) is 4.15. The summed E-state index contributed by atoms with van der Waals surface area (Å²) in [5.74, 6) is -1.05. The first kappa shape index (κ1) is 15.0. The Morgan fingerprint density at radius 1 is 1.35 bits per heavy atom. The first-order chi connectivity index (χ1) is 9.45. The van der Waals surface area contributed by atoms with E-state index in [-0.39, 0.29) is 11.4 Å². The van der Waals surface area contributed by atoms with Crippen LogP contribution in [0.1, 0.15) is 32.6 Å². The third-order valence-electron chi connectivity index (χ3n) is 3.82. The molecule has 2 rings (SSSR count). The number of benzene rings is 1. The van der Waals surface area contributed by atoms with Gasteiger partial charge in [0.05, 0.1) is 4.90 Å². The zero-order chi connectivity index (χ0) is 14.8. The fourth-order valence-corrected chi connectivity index (χ4v) is 4.75. The van der Waals surface area contributed by atoms with Gasteiger partial charge in [-0.05, 0) is 31.4 Å². The minimum atomic E-state index is -3.76. The summed E-state index contributed by atoms with van der Waals surface area (Å²) in [6.07, 6.45) is 1.93. The van der Waals surface area contributed by atoms with Gasteiger partial charge in [0.25, 0.3) is 0 Å². The maximum Gasteiger partial charge on any atom is 0.325 e. The van der Waals surface area contributed by atoms with Gasteiger partial charge in [-0.25, -0.2) is 8.42 Å². The predicted molar refractivity (Wildman–Crippen MR) is 74.8 cm³/mol. The van der Waals surface area contributed by atoms with Crippen LogP contribution in [0.3, 0.4) is 0 Å². The van der Waals surface area contributed by atoms with Crippen LogP contribution in [0, 0.1) is 0 Å². The first-order valence-electron chi connectivity index (χ1n) is 6.76. The lowest BCUT2D eigenvalue weighted by atomic mass is 9.92. The molecule has 5 nitrogen and oxygen atoms in total. The molecule has 110 valence electrons. The lowest BCUT2D eigenvalue weighted by Gasteiger charge is -2.33. The zero-order valence-electron chi connectivity index (χ0n) is 11.4. The lowest BCUT2D eigenvalue weighted by molar-refractivity contribution is -0.147. The van der Waals surface area contributed by atoms with Crippen LogP contribution >= 0.6 is 0 Å². The minimum Gasteiger partial charge on any atom is -0.480 e. The highest BCUT2D eigenvalue weighted by molar-refractivity contribution is 7.89. The van der Waals surface area contributed by atoms with Crippen molar-refractivity contribution in [3.8, 4) is 0 Å². The van der Waals surface area contributed by atoms with Gasteiger partial charge in [-0.2, -0.15) is 4.31 Å². The summed E-state index contributed by atoms with van der Waals surface area (Å²) in [6, 6.07) is 8.04. The molecule has 1 fully saturated rings. The summed E-state index contributed by atoms with van der Waals surface area (Å²) >= 11 is 0. The molecule has 6 heteroatoms. The standard InChI is InChI=1S/C14H19NO4S/c1-2-9-14(13(16)17)10-6-11-15(14)20(18,19)12-7-4-3-5-8-12/h3-5,7-8H,2,6,9-11H2,1H3,(H,16,17). The highest BCUT2D eigenvalue weighted by atomic mass is 32.2. The monoisotopic (exact) mass is 297 g/mol. The number of nitrogens with zero attached hydrogens (tertiary/aromatic N) is 1. The molecule has 1 saturated heterocycles. The van der Waals surface area contributed by atoms with Crippen LogP contribution in [0.5, 0.6) is 0 Å². The topological polar surface area (TPSA) is 74.7 Å². The Bertz CT molecular complexity index is 584. The van der Waals surface area contributed by atoms with Crippen molar-refractivity contribution < 1.29 is 18.3 Å². The Morgan fingerprint density at radius 3 is 2.55 bits per heavy atom. The average molecular weight is 297 g/mol. The van der Waals surface area contributed by atoms with E-state index >= 15 is 0 Å². The SMILES string of the molecule is CCCC1(C(=O)O)CCCN1S(=O)(=O)c1ccccc1. The number of rotatable bonds is 5. The summed E-state index contributed by atoms with van der Waals surface area (Å²) in [5, 5.41) is 9.57. The van der Waals surface area contributed by atoms with Crippen LogP contribution in [0.4, 0.5) is 0 Å². The second-order valence-electron chi connectivity index (χ2n) is 5.08. The molecular formula is C14H19NO4S. The maximum absolute atomic E-state index is 12.7. The predicted octanol–water partition coefficient (Wildman–Crippen LogP) is 2.09. The molecule has 0 aromatic heterocycles. The Hall–Kier alpha value is -1.40. The fraction of sp³-hybridized carbons (Fsp3) is 0.500. The lowest BCUT2D eigenvalue weighted by Crippen LogP contribution is -2.52. The van der Waals surface area contributed by atoms with Crippen molar-refractivity contribution in [1.82, 2.24) is 4.31 Å². The molecule has 1 aliphatic rings. The summed E-state index contributed by atoms with van der Waals surface area (Å²) in [4.78, 5) is 11.9. The molecule has 0 bridgehead atoms. The molecule has 1 aromatic rings.